The van der Waals surface area contributed by atoms with Gasteiger partial charge in [-0.05, 0) is 26.2 Å². The van der Waals surface area contributed by atoms with Gasteiger partial charge in [0.2, 0.25) is 0 Å². The molecule has 2 unspecified atom stereocenters. The van der Waals surface area contributed by atoms with Gasteiger partial charge in [0.15, 0.2) is 0 Å². The molecule has 1 heterocycles. The predicted molar refractivity (Wildman–Crippen MR) is 208 cm³/mol. The molecule has 0 spiro atoms. The van der Waals surface area contributed by atoms with Crippen molar-refractivity contribution in [2.24, 2.45) is 0 Å². The van der Waals surface area contributed by atoms with Crippen LogP contribution in [-0.2, 0) is 0 Å². The molecule has 0 aromatic carbocycles. The number of nitrogens with zero attached hydrogens (tertiary/aromatic N) is 2. The molecule has 1 aromatic heterocycles. The highest BCUT2D eigenvalue weighted by molar-refractivity contribution is 5.02. The number of hydrogen-bond acceptors (Lipinski definition) is 1. The minimum atomic E-state index is 0.588. The third-order valence-electron chi connectivity index (χ3n) is 10.8. The summed E-state index contributed by atoms with van der Waals surface area (Å²) < 4.78 is 2.58. The first-order valence-corrected chi connectivity index (χ1v) is 21.8. The normalized spacial score (nSPS) is 13.0. The molecule has 1 aromatic rings. The Bertz CT molecular complexity index is 709. The Morgan fingerprint density at radius 1 is 0.413 bits per heavy atom. The fraction of sp³-hybridized carbons (Fsp3) is 0.932. The molecule has 0 aliphatic heterocycles. The molecule has 0 N–H and O–H groups in total. The van der Waals surface area contributed by atoms with E-state index in [4.69, 9.17) is 4.98 Å². The molecule has 2 nitrogen and oxygen atoms in total. The number of hydrogen-bond donors (Lipinski definition) is 0. The van der Waals surface area contributed by atoms with Crippen molar-refractivity contribution >= 4 is 0 Å². The molecule has 2 atom stereocenters. The summed E-state index contributed by atoms with van der Waals surface area (Å²) in [5.41, 5.74) is 0. The van der Waals surface area contributed by atoms with Crippen LogP contribution in [0.5, 0.6) is 0 Å². The van der Waals surface area contributed by atoms with Crippen molar-refractivity contribution in [2.45, 2.75) is 264 Å². The van der Waals surface area contributed by atoms with E-state index in [2.05, 4.69) is 44.7 Å². The first-order valence-electron chi connectivity index (χ1n) is 21.8. The SMILES string of the molecule is CCCCCCCCCCCCCCCCCCC(CCCCCC)c1nccn1C(C)CCCCCCCCCCCCCC. The maximum atomic E-state index is 5.00. The molecular formula is C44H86N2. The average molecular weight is 643 g/mol. The van der Waals surface area contributed by atoms with Gasteiger partial charge in [-0.1, -0.05) is 226 Å². The van der Waals surface area contributed by atoms with Crippen LogP contribution in [0.4, 0.5) is 0 Å². The van der Waals surface area contributed by atoms with E-state index in [0.29, 0.717) is 12.0 Å². The lowest BCUT2D eigenvalue weighted by molar-refractivity contribution is 0.413. The highest BCUT2D eigenvalue weighted by atomic mass is 15.1. The fourth-order valence-electron chi connectivity index (χ4n) is 7.59. The van der Waals surface area contributed by atoms with Gasteiger partial charge in [0, 0.05) is 24.4 Å². The summed E-state index contributed by atoms with van der Waals surface area (Å²) >= 11 is 0. The van der Waals surface area contributed by atoms with E-state index in [0.717, 1.165) is 0 Å². The van der Waals surface area contributed by atoms with E-state index < -0.39 is 0 Å². The molecule has 0 radical (unpaired) electrons. The number of imidazole rings is 1. The van der Waals surface area contributed by atoms with Crippen LogP contribution >= 0.6 is 0 Å². The third kappa shape index (κ3) is 25.3. The number of aromatic nitrogens is 2. The van der Waals surface area contributed by atoms with Crippen LogP contribution in [0.1, 0.15) is 270 Å². The highest BCUT2D eigenvalue weighted by Crippen LogP contribution is 2.31. The Kier molecular flexibility index (Phi) is 32.0. The Morgan fingerprint density at radius 3 is 1.04 bits per heavy atom. The minimum absolute atomic E-state index is 0.588. The van der Waals surface area contributed by atoms with Crippen molar-refractivity contribution in [3.63, 3.8) is 0 Å². The van der Waals surface area contributed by atoms with Gasteiger partial charge in [-0.2, -0.15) is 0 Å². The molecule has 1 rings (SSSR count). The molecular weight excluding hydrogens is 556 g/mol. The lowest BCUT2D eigenvalue weighted by Crippen LogP contribution is -2.13. The summed E-state index contributed by atoms with van der Waals surface area (Å²) in [6.07, 6.45) is 54.2. The number of rotatable bonds is 37. The fourth-order valence-corrected chi connectivity index (χ4v) is 7.59. The summed E-state index contributed by atoms with van der Waals surface area (Å²) in [5.74, 6) is 2.06. The second kappa shape index (κ2) is 34.1. The van der Waals surface area contributed by atoms with Gasteiger partial charge in [0.25, 0.3) is 0 Å². The summed E-state index contributed by atoms with van der Waals surface area (Å²) in [6, 6.07) is 0.588. The maximum absolute atomic E-state index is 5.00. The van der Waals surface area contributed by atoms with Crippen LogP contribution in [0.3, 0.4) is 0 Å². The van der Waals surface area contributed by atoms with Crippen LogP contribution in [0.25, 0.3) is 0 Å². The maximum Gasteiger partial charge on any atom is 0.111 e. The van der Waals surface area contributed by atoms with E-state index >= 15 is 0 Å². The minimum Gasteiger partial charge on any atom is -0.332 e. The Balaban J connectivity index is 2.23. The zero-order valence-electron chi connectivity index (χ0n) is 32.5. The van der Waals surface area contributed by atoms with E-state index in [9.17, 15) is 0 Å². The molecule has 2 heteroatoms. The van der Waals surface area contributed by atoms with Crippen molar-refractivity contribution in [3.05, 3.63) is 18.2 Å². The topological polar surface area (TPSA) is 17.8 Å². The Labute approximate surface area is 291 Å². The van der Waals surface area contributed by atoms with Crippen molar-refractivity contribution in [1.29, 1.82) is 0 Å². The van der Waals surface area contributed by atoms with Gasteiger partial charge in [0.1, 0.15) is 5.82 Å². The highest BCUT2D eigenvalue weighted by Gasteiger charge is 2.19. The van der Waals surface area contributed by atoms with E-state index in [1.165, 1.54) is 231 Å². The lowest BCUT2D eigenvalue weighted by atomic mass is 9.93. The Morgan fingerprint density at radius 2 is 0.696 bits per heavy atom. The van der Waals surface area contributed by atoms with Gasteiger partial charge >= 0.3 is 0 Å². The molecule has 0 aliphatic carbocycles. The van der Waals surface area contributed by atoms with Crippen LogP contribution in [-0.4, -0.2) is 9.55 Å². The van der Waals surface area contributed by atoms with E-state index in [-0.39, 0.29) is 0 Å². The van der Waals surface area contributed by atoms with Crippen LogP contribution in [0.2, 0.25) is 0 Å². The molecule has 272 valence electrons. The quantitative estimate of drug-likeness (QED) is 0.0660. The van der Waals surface area contributed by atoms with Crippen molar-refractivity contribution in [3.8, 4) is 0 Å². The van der Waals surface area contributed by atoms with Crippen LogP contribution in [0.15, 0.2) is 12.4 Å². The second-order valence-corrected chi connectivity index (χ2v) is 15.4. The van der Waals surface area contributed by atoms with Gasteiger partial charge in [-0.3, -0.25) is 0 Å². The van der Waals surface area contributed by atoms with Gasteiger partial charge in [0.05, 0.1) is 0 Å². The molecule has 0 bridgehead atoms. The third-order valence-corrected chi connectivity index (χ3v) is 10.8. The first-order chi connectivity index (χ1) is 22.7. The average Bonchev–Trinajstić information content (AvgIpc) is 3.56. The Hall–Kier alpha value is -0.790. The van der Waals surface area contributed by atoms with Crippen LogP contribution in [0, 0.1) is 0 Å². The molecule has 46 heavy (non-hydrogen) atoms. The van der Waals surface area contributed by atoms with Crippen molar-refractivity contribution in [2.75, 3.05) is 0 Å². The number of unbranched alkanes of at least 4 members (excludes halogenated alkanes) is 29. The van der Waals surface area contributed by atoms with Crippen molar-refractivity contribution in [1.82, 2.24) is 9.55 Å². The molecule has 0 amide bonds. The van der Waals surface area contributed by atoms with Gasteiger partial charge in [-0.25, -0.2) is 4.98 Å². The summed E-state index contributed by atoms with van der Waals surface area (Å²) in [5, 5.41) is 0. The van der Waals surface area contributed by atoms with Gasteiger partial charge < -0.3 is 4.57 Å². The summed E-state index contributed by atoms with van der Waals surface area (Å²) in [7, 11) is 0. The second-order valence-electron chi connectivity index (χ2n) is 15.4. The summed E-state index contributed by atoms with van der Waals surface area (Å²) in [6.45, 7) is 9.40. The molecule has 0 saturated heterocycles. The molecule has 0 saturated carbocycles. The molecule has 0 fully saturated rings. The smallest absolute Gasteiger partial charge is 0.111 e. The predicted octanol–water partition coefficient (Wildman–Crippen LogP) is 16.2. The summed E-state index contributed by atoms with van der Waals surface area (Å²) in [4.78, 5) is 5.00. The zero-order chi connectivity index (χ0) is 33.2. The van der Waals surface area contributed by atoms with Crippen LogP contribution < -0.4 is 0 Å². The molecule has 0 aliphatic rings. The van der Waals surface area contributed by atoms with E-state index in [1.807, 2.05) is 0 Å². The lowest BCUT2D eigenvalue weighted by Gasteiger charge is -2.22. The first kappa shape index (κ1) is 43.2. The largest absolute Gasteiger partial charge is 0.332 e. The standard InChI is InChI=1S/C44H86N2/c1-5-8-11-14-16-18-20-22-23-24-25-27-29-31-33-36-39-43(38-35-13-10-7-3)44-45-40-41-46(44)42(4)37-34-32-30-28-26-21-19-17-15-12-9-6-2/h40-43H,5-39H2,1-4H3. The van der Waals surface area contributed by atoms with E-state index in [1.54, 1.807) is 0 Å². The monoisotopic (exact) mass is 643 g/mol. The zero-order valence-corrected chi connectivity index (χ0v) is 32.5. The van der Waals surface area contributed by atoms with Gasteiger partial charge in [-0.15, -0.1) is 0 Å². The van der Waals surface area contributed by atoms with Crippen molar-refractivity contribution < 1.29 is 0 Å².